The molecule has 18 heteroatoms. The van der Waals surface area contributed by atoms with Gasteiger partial charge in [0.05, 0.1) is 72.9 Å². The fraction of sp³-hybridized carbons (Fsp3) is 0.120. The van der Waals surface area contributed by atoms with Crippen LogP contribution in [0.1, 0.15) is 16.7 Å². The van der Waals surface area contributed by atoms with E-state index in [0.717, 1.165) is 0 Å². The monoisotopic (exact) mass is 593 g/mol. The summed E-state index contributed by atoms with van der Waals surface area (Å²) in [6.45, 7) is 0. The summed E-state index contributed by atoms with van der Waals surface area (Å²) in [5.74, 6) is 0.448. The van der Waals surface area contributed by atoms with Crippen LogP contribution in [0.15, 0.2) is 75.0 Å². The molecule has 3 aromatic carbocycles. The average molecular weight is 594 g/mol. The van der Waals surface area contributed by atoms with Crippen LogP contribution in [0.25, 0.3) is 0 Å². The quantitative estimate of drug-likeness (QED) is 0.134. The summed E-state index contributed by atoms with van der Waals surface area (Å²) in [4.78, 5) is 31.4. The second kappa shape index (κ2) is 14.8. The van der Waals surface area contributed by atoms with Gasteiger partial charge in [-0.15, -0.1) is 5.10 Å². The van der Waals surface area contributed by atoms with Crippen molar-refractivity contribution in [3.05, 3.63) is 102 Å². The van der Waals surface area contributed by atoms with Crippen LogP contribution in [0.4, 0.5) is 17.1 Å². The van der Waals surface area contributed by atoms with Crippen LogP contribution in [0.2, 0.25) is 0 Å². The van der Waals surface area contributed by atoms with Crippen molar-refractivity contribution in [2.45, 2.75) is 0 Å². The van der Waals surface area contributed by atoms with Crippen molar-refractivity contribution in [1.29, 1.82) is 0 Å². The molecular weight excluding hydrogens is 570 g/mol. The normalized spacial score (nSPS) is 11.0. The van der Waals surface area contributed by atoms with Crippen molar-refractivity contribution in [2.75, 3.05) is 21.3 Å². The van der Waals surface area contributed by atoms with Gasteiger partial charge in [-0.2, -0.15) is 15.3 Å². The molecule has 0 fully saturated rings. The third kappa shape index (κ3) is 8.51. The molecule has 0 radical (unpaired) electrons. The Hall–Kier alpha value is -6.46. The van der Waals surface area contributed by atoms with Gasteiger partial charge in [-0.3, -0.25) is 30.3 Å². The lowest BCUT2D eigenvalue weighted by Crippen LogP contribution is -2.30. The van der Waals surface area contributed by atoms with E-state index < -0.39 is 14.8 Å². The van der Waals surface area contributed by atoms with E-state index in [-0.39, 0.29) is 40.3 Å². The van der Waals surface area contributed by atoms with Gasteiger partial charge >= 0.3 is 0 Å². The highest BCUT2D eigenvalue weighted by atomic mass is 16.6. The van der Waals surface area contributed by atoms with E-state index in [4.69, 9.17) is 14.2 Å². The van der Waals surface area contributed by atoms with E-state index in [2.05, 4.69) is 31.3 Å². The van der Waals surface area contributed by atoms with E-state index >= 15 is 0 Å². The highest BCUT2D eigenvalue weighted by Gasteiger charge is 2.12. The molecule has 222 valence electrons. The first kappa shape index (κ1) is 31.1. The Morgan fingerprint density at radius 3 is 1.30 bits per heavy atom. The zero-order valence-corrected chi connectivity index (χ0v) is 22.7. The number of nitrogens with one attached hydrogen (secondary N) is 2. The standard InChI is InChI=1S/C25H23N9O9/c1-41-22-10-19(32(35)36)7-4-16(22)13-26-29-25(30-27-14-17-5-8-20(33(37)38)11-23(17)42-2)31-28-15-18-6-9-21(34(39)40)12-24(18)43-3/h4-15H,1-3H3,(H2,29,30,31)/b26-13+,27-14+,28-15+. The first-order valence-electron chi connectivity index (χ1n) is 11.8. The number of rotatable bonds is 12. The van der Waals surface area contributed by atoms with Gasteiger partial charge in [-0.25, -0.2) is 10.9 Å². The largest absolute Gasteiger partial charge is 0.496 e. The molecule has 0 saturated heterocycles. The Labute approximate surface area is 242 Å². The van der Waals surface area contributed by atoms with Crippen molar-refractivity contribution in [3.63, 3.8) is 0 Å². The number of non-ortho nitro benzene ring substituents is 3. The number of nitro benzene ring substituents is 3. The van der Waals surface area contributed by atoms with Crippen molar-refractivity contribution < 1.29 is 29.0 Å². The van der Waals surface area contributed by atoms with Crippen LogP contribution in [0.5, 0.6) is 17.2 Å². The highest BCUT2D eigenvalue weighted by molar-refractivity contribution is 5.89. The molecular formula is C25H23N9O9. The molecule has 2 N–H and O–H groups in total. The smallest absolute Gasteiger partial charge is 0.273 e. The lowest BCUT2D eigenvalue weighted by Gasteiger charge is -2.06. The Balaban J connectivity index is 1.88. The SMILES string of the molecule is COc1cc([N+](=O)[O-])ccc1/C=N/N=C(N/N=C/c1ccc([N+](=O)[O-])cc1OC)N/N=C/c1ccc([N+](=O)[O-])cc1OC. The minimum atomic E-state index is -0.566. The Morgan fingerprint density at radius 2 is 0.977 bits per heavy atom. The zero-order chi connectivity index (χ0) is 31.4. The molecule has 18 nitrogen and oxygen atoms in total. The van der Waals surface area contributed by atoms with Gasteiger partial charge in [0, 0.05) is 34.9 Å². The molecule has 0 bridgehead atoms. The lowest BCUT2D eigenvalue weighted by molar-refractivity contribution is -0.385. The van der Waals surface area contributed by atoms with Gasteiger partial charge < -0.3 is 14.2 Å². The third-order valence-electron chi connectivity index (χ3n) is 5.39. The van der Waals surface area contributed by atoms with Gasteiger partial charge in [0.15, 0.2) is 0 Å². The minimum absolute atomic E-state index is 0.119. The first-order valence-corrected chi connectivity index (χ1v) is 11.8. The van der Waals surface area contributed by atoms with Gasteiger partial charge in [-0.1, -0.05) is 0 Å². The van der Waals surface area contributed by atoms with Crippen LogP contribution in [-0.4, -0.2) is 60.7 Å². The molecule has 0 spiro atoms. The number of guanidine groups is 1. The van der Waals surface area contributed by atoms with Crippen LogP contribution in [0.3, 0.4) is 0 Å². The second-order valence-electron chi connectivity index (χ2n) is 7.98. The maximum atomic E-state index is 11.0. The van der Waals surface area contributed by atoms with Crippen LogP contribution in [0, 0.1) is 30.3 Å². The zero-order valence-electron chi connectivity index (χ0n) is 22.7. The second-order valence-corrected chi connectivity index (χ2v) is 7.98. The first-order chi connectivity index (χ1) is 20.7. The molecule has 3 aromatic rings. The summed E-state index contributed by atoms with van der Waals surface area (Å²) in [6.07, 6.45) is 3.90. The minimum Gasteiger partial charge on any atom is -0.496 e. The molecule has 0 unspecified atom stereocenters. The van der Waals surface area contributed by atoms with E-state index in [9.17, 15) is 30.3 Å². The van der Waals surface area contributed by atoms with Crippen molar-refractivity contribution in [3.8, 4) is 17.2 Å². The van der Waals surface area contributed by atoms with Gasteiger partial charge in [0.25, 0.3) is 23.0 Å². The van der Waals surface area contributed by atoms with Crippen LogP contribution < -0.4 is 25.1 Å². The number of methoxy groups -OCH3 is 3. The lowest BCUT2D eigenvalue weighted by atomic mass is 10.2. The number of benzene rings is 3. The summed E-state index contributed by atoms with van der Waals surface area (Å²) < 4.78 is 15.6. The summed E-state index contributed by atoms with van der Waals surface area (Å²) in [5.41, 5.74) is 5.85. The van der Waals surface area contributed by atoms with Crippen LogP contribution in [-0.2, 0) is 0 Å². The maximum absolute atomic E-state index is 11.0. The molecule has 0 atom stereocenters. The molecule has 0 aliphatic carbocycles. The predicted molar refractivity (Wildman–Crippen MR) is 155 cm³/mol. The topological polar surface area (TPSA) is 231 Å². The van der Waals surface area contributed by atoms with Crippen LogP contribution >= 0.6 is 0 Å². The van der Waals surface area contributed by atoms with Crippen molar-refractivity contribution in [1.82, 2.24) is 10.9 Å². The Kier molecular flexibility index (Phi) is 10.7. The fourth-order valence-corrected chi connectivity index (χ4v) is 3.30. The van der Waals surface area contributed by atoms with E-state index in [1.54, 1.807) is 0 Å². The molecule has 0 heterocycles. The molecule has 3 rings (SSSR count). The summed E-state index contributed by atoms with van der Waals surface area (Å²) in [5, 5.41) is 49.1. The highest BCUT2D eigenvalue weighted by Crippen LogP contribution is 2.25. The summed E-state index contributed by atoms with van der Waals surface area (Å²) in [6, 6.07) is 11.8. The van der Waals surface area contributed by atoms with Crippen molar-refractivity contribution >= 4 is 41.7 Å². The molecule has 0 aromatic heterocycles. The molecule has 0 amide bonds. The number of nitrogens with zero attached hydrogens (tertiary/aromatic N) is 7. The van der Waals surface area contributed by atoms with E-state index in [1.807, 2.05) is 0 Å². The Morgan fingerprint density at radius 1 is 0.628 bits per heavy atom. The Bertz CT molecular complexity index is 1560. The van der Waals surface area contributed by atoms with Crippen molar-refractivity contribution in [2.24, 2.45) is 20.4 Å². The molecule has 43 heavy (non-hydrogen) atoms. The molecule has 0 aliphatic rings. The summed E-state index contributed by atoms with van der Waals surface area (Å²) >= 11 is 0. The van der Waals surface area contributed by atoms with Gasteiger partial charge in [0.1, 0.15) is 17.2 Å². The maximum Gasteiger partial charge on any atom is 0.273 e. The molecule has 0 saturated carbocycles. The predicted octanol–water partition coefficient (Wildman–Crippen LogP) is 3.37. The number of ether oxygens (including phenoxy) is 3. The van der Waals surface area contributed by atoms with Gasteiger partial charge in [0.2, 0.25) is 0 Å². The number of hydrogen-bond donors (Lipinski definition) is 2. The fourth-order valence-electron chi connectivity index (χ4n) is 3.30. The third-order valence-corrected chi connectivity index (χ3v) is 5.39. The average Bonchev–Trinajstić information content (AvgIpc) is 3.00. The molecule has 0 aliphatic heterocycles. The van der Waals surface area contributed by atoms with E-state index in [0.29, 0.717) is 16.7 Å². The number of nitro groups is 3. The number of hydrazone groups is 2. The number of hydrogen-bond acceptors (Lipinski definition) is 13. The van der Waals surface area contributed by atoms with E-state index in [1.165, 1.54) is 94.6 Å². The van der Waals surface area contributed by atoms with Gasteiger partial charge in [-0.05, 0) is 18.2 Å². The summed E-state index contributed by atoms with van der Waals surface area (Å²) in [7, 11) is 4.04.